The number of nitrogens with zero attached hydrogens (tertiary/aromatic N) is 4. The van der Waals surface area contributed by atoms with Gasteiger partial charge in [0.15, 0.2) is 0 Å². The molecule has 0 bridgehead atoms. The van der Waals surface area contributed by atoms with Crippen LogP contribution in [0.2, 0.25) is 0 Å². The van der Waals surface area contributed by atoms with Crippen molar-refractivity contribution in [3.05, 3.63) is 53.0 Å². The van der Waals surface area contributed by atoms with Gasteiger partial charge in [-0.1, -0.05) is 24.3 Å². The van der Waals surface area contributed by atoms with E-state index in [0.29, 0.717) is 11.5 Å². The van der Waals surface area contributed by atoms with Crippen molar-refractivity contribution in [1.29, 1.82) is 0 Å². The van der Waals surface area contributed by atoms with Crippen molar-refractivity contribution in [2.75, 3.05) is 5.32 Å². The second kappa shape index (κ2) is 5.22. The van der Waals surface area contributed by atoms with E-state index < -0.39 is 11.7 Å². The monoisotopic (exact) mass is 329 g/mol. The van der Waals surface area contributed by atoms with Gasteiger partial charge in [-0.2, -0.15) is 18.3 Å². The highest BCUT2D eigenvalue weighted by molar-refractivity contribution is 5.48. The first-order valence-electron chi connectivity index (χ1n) is 7.86. The molecule has 1 aliphatic carbocycles. The second-order valence-electron chi connectivity index (χ2n) is 6.34. The lowest BCUT2D eigenvalue weighted by Crippen LogP contribution is -2.22. The quantitative estimate of drug-likeness (QED) is 0.802. The summed E-state index contributed by atoms with van der Waals surface area (Å²) in [5.41, 5.74) is 3.34. The molecule has 3 aromatic rings. The topological polar surface area (TPSA) is 55.1 Å². The van der Waals surface area contributed by atoms with Crippen LogP contribution in [0.25, 0.3) is 5.78 Å². The molecule has 0 fully saturated rings. The van der Waals surface area contributed by atoms with Crippen LogP contribution in [0, 0.1) is 6.92 Å². The number of anilines is 1. The van der Waals surface area contributed by atoms with Crippen LogP contribution in [0.3, 0.4) is 0 Å². The summed E-state index contributed by atoms with van der Waals surface area (Å²) < 4.78 is 28.4. The number of nitrogens with one attached hydrogen (secondary N) is 1. The van der Waals surface area contributed by atoms with Crippen LogP contribution in [0.1, 0.15) is 29.6 Å². The van der Waals surface area contributed by atoms with Gasteiger partial charge in [-0.05, 0) is 30.9 Å². The van der Waals surface area contributed by atoms with Crippen LogP contribution >= 0.6 is 0 Å². The summed E-state index contributed by atoms with van der Waals surface area (Å²) in [6.45, 7) is 2.60. The molecule has 0 unspecified atom stereocenters. The number of rotatable bonds is 3. The van der Waals surface area contributed by atoms with E-state index in [-0.39, 0.29) is 11.8 Å². The Balaban J connectivity index is 1.68. The number of fused-ring (bicyclic) bond motifs is 2. The Bertz CT molecular complexity index is 888. The molecule has 5 nitrogen and oxygen atoms in total. The molecule has 24 heavy (non-hydrogen) atoms. The van der Waals surface area contributed by atoms with Crippen LogP contribution in [-0.2, 0) is 18.8 Å². The minimum absolute atomic E-state index is 0.185. The van der Waals surface area contributed by atoms with Crippen LogP contribution in [-0.4, -0.2) is 25.6 Å². The molecule has 124 valence electrons. The SMILES string of the molecule is Cc1cc(NC2Cc3ccccc3C2)n2nc(C(C)(F)F)nc2n1. The molecule has 1 N–H and O–H groups in total. The number of aromatic nitrogens is 4. The molecule has 0 saturated carbocycles. The molecule has 0 aliphatic heterocycles. The number of hydrogen-bond acceptors (Lipinski definition) is 4. The number of halogens is 2. The number of aryl methyl sites for hydroxylation is 1. The lowest BCUT2D eigenvalue weighted by Gasteiger charge is -2.14. The number of benzene rings is 1. The standard InChI is InChI=1S/C17H17F2N5/c1-10-7-14(21-13-8-11-5-3-4-6-12(11)9-13)24-16(20-10)22-15(23-24)17(2,18)19/h3-7,13,21H,8-9H2,1-2H3. The van der Waals surface area contributed by atoms with Gasteiger partial charge in [0.25, 0.3) is 5.78 Å². The van der Waals surface area contributed by atoms with Crippen molar-refractivity contribution in [3.63, 3.8) is 0 Å². The normalized spacial score (nSPS) is 15.0. The van der Waals surface area contributed by atoms with Crippen LogP contribution < -0.4 is 5.32 Å². The van der Waals surface area contributed by atoms with Gasteiger partial charge < -0.3 is 5.32 Å². The summed E-state index contributed by atoms with van der Waals surface area (Å²) in [6, 6.07) is 10.3. The van der Waals surface area contributed by atoms with Crippen molar-refractivity contribution in [2.45, 2.75) is 38.7 Å². The molecule has 0 radical (unpaired) electrons. The van der Waals surface area contributed by atoms with Crippen LogP contribution in [0.5, 0.6) is 0 Å². The number of hydrogen-bond donors (Lipinski definition) is 1. The third kappa shape index (κ3) is 2.60. The van der Waals surface area contributed by atoms with E-state index in [1.165, 1.54) is 15.6 Å². The van der Waals surface area contributed by atoms with E-state index in [9.17, 15) is 8.78 Å². The van der Waals surface area contributed by atoms with E-state index in [1.54, 1.807) is 0 Å². The maximum Gasteiger partial charge on any atom is 0.305 e. The summed E-state index contributed by atoms with van der Waals surface area (Å²) in [5.74, 6) is -2.79. The largest absolute Gasteiger partial charge is 0.366 e. The Hall–Kier alpha value is -2.57. The highest BCUT2D eigenvalue weighted by Gasteiger charge is 2.31. The van der Waals surface area contributed by atoms with E-state index in [0.717, 1.165) is 19.8 Å². The van der Waals surface area contributed by atoms with Crippen molar-refractivity contribution < 1.29 is 8.78 Å². The van der Waals surface area contributed by atoms with Crippen LogP contribution in [0.15, 0.2) is 30.3 Å². The van der Waals surface area contributed by atoms with Crippen molar-refractivity contribution in [2.24, 2.45) is 0 Å². The fraction of sp³-hybridized carbons (Fsp3) is 0.353. The Morgan fingerprint density at radius 2 is 1.83 bits per heavy atom. The Labute approximate surface area is 137 Å². The van der Waals surface area contributed by atoms with Crippen molar-refractivity contribution in [1.82, 2.24) is 19.6 Å². The fourth-order valence-electron chi connectivity index (χ4n) is 3.15. The van der Waals surface area contributed by atoms with Gasteiger partial charge in [-0.25, -0.2) is 4.98 Å². The molecule has 0 atom stereocenters. The molecule has 0 spiro atoms. The van der Waals surface area contributed by atoms with Gasteiger partial charge in [-0.3, -0.25) is 0 Å². The molecule has 7 heteroatoms. The predicted molar refractivity (Wildman–Crippen MR) is 86.3 cm³/mol. The lowest BCUT2D eigenvalue weighted by molar-refractivity contribution is 0.00800. The smallest absolute Gasteiger partial charge is 0.305 e. The van der Waals surface area contributed by atoms with Gasteiger partial charge in [0, 0.05) is 24.7 Å². The Kier molecular flexibility index (Phi) is 3.26. The summed E-state index contributed by atoms with van der Waals surface area (Å²) in [6.07, 6.45) is 1.79. The number of alkyl halides is 2. The summed E-state index contributed by atoms with van der Waals surface area (Å²) >= 11 is 0. The Morgan fingerprint density at radius 1 is 1.17 bits per heavy atom. The summed E-state index contributed by atoms with van der Waals surface area (Å²) in [5, 5.41) is 7.36. The zero-order chi connectivity index (χ0) is 16.9. The maximum atomic E-state index is 13.5. The molecule has 0 saturated heterocycles. The molecule has 0 amide bonds. The van der Waals surface area contributed by atoms with Gasteiger partial charge >= 0.3 is 5.92 Å². The molecule has 2 heterocycles. The summed E-state index contributed by atoms with van der Waals surface area (Å²) in [4.78, 5) is 8.07. The molecule has 2 aromatic heterocycles. The van der Waals surface area contributed by atoms with Gasteiger partial charge in [-0.15, -0.1) is 5.10 Å². The second-order valence-corrected chi connectivity index (χ2v) is 6.34. The first-order valence-corrected chi connectivity index (χ1v) is 7.86. The third-order valence-corrected chi connectivity index (χ3v) is 4.24. The minimum atomic E-state index is -3.09. The van der Waals surface area contributed by atoms with E-state index in [4.69, 9.17) is 0 Å². The Morgan fingerprint density at radius 3 is 2.46 bits per heavy atom. The molecular weight excluding hydrogens is 312 g/mol. The third-order valence-electron chi connectivity index (χ3n) is 4.24. The molecule has 4 rings (SSSR count). The molecule has 1 aliphatic rings. The average molecular weight is 329 g/mol. The first kappa shape index (κ1) is 15.0. The van der Waals surface area contributed by atoms with E-state index in [1.807, 2.05) is 25.1 Å². The predicted octanol–water partition coefficient (Wildman–Crippen LogP) is 3.12. The zero-order valence-electron chi connectivity index (χ0n) is 13.4. The van der Waals surface area contributed by atoms with Gasteiger partial charge in [0.2, 0.25) is 5.82 Å². The molecule has 1 aromatic carbocycles. The minimum Gasteiger partial charge on any atom is -0.366 e. The highest BCUT2D eigenvalue weighted by atomic mass is 19.3. The van der Waals surface area contributed by atoms with Crippen molar-refractivity contribution >= 4 is 11.6 Å². The van der Waals surface area contributed by atoms with Gasteiger partial charge in [0.1, 0.15) is 5.82 Å². The average Bonchev–Trinajstić information content (AvgIpc) is 3.09. The van der Waals surface area contributed by atoms with Crippen LogP contribution in [0.4, 0.5) is 14.6 Å². The first-order chi connectivity index (χ1) is 11.4. The van der Waals surface area contributed by atoms with Crippen molar-refractivity contribution in [3.8, 4) is 0 Å². The molecular formula is C17H17F2N5. The van der Waals surface area contributed by atoms with E-state index >= 15 is 0 Å². The zero-order valence-corrected chi connectivity index (χ0v) is 13.4. The fourth-order valence-corrected chi connectivity index (χ4v) is 3.15. The summed E-state index contributed by atoms with van der Waals surface area (Å²) in [7, 11) is 0. The van der Waals surface area contributed by atoms with Gasteiger partial charge in [0.05, 0.1) is 0 Å². The maximum absolute atomic E-state index is 13.5. The highest BCUT2D eigenvalue weighted by Crippen LogP contribution is 2.27. The van der Waals surface area contributed by atoms with E-state index in [2.05, 4.69) is 32.5 Å². The lowest BCUT2D eigenvalue weighted by atomic mass is 10.1.